The van der Waals surface area contributed by atoms with E-state index in [1.54, 1.807) is 7.05 Å². The molecule has 1 N–H and O–H groups in total. The van der Waals surface area contributed by atoms with Crippen molar-refractivity contribution in [1.82, 2.24) is 5.32 Å². The standard InChI is InChI=1S/C8H8ClF2N.ClH/c1-12-4-5-2-6(9)8(11)3-7(5)10;/h2-3,12H,4H2,1H3;1H. The number of halogens is 4. The van der Waals surface area contributed by atoms with E-state index in [1.807, 2.05) is 0 Å². The van der Waals surface area contributed by atoms with Crippen molar-refractivity contribution < 1.29 is 8.78 Å². The van der Waals surface area contributed by atoms with Crippen LogP contribution in [0.5, 0.6) is 0 Å². The van der Waals surface area contributed by atoms with E-state index in [1.165, 1.54) is 6.07 Å². The smallest absolute Gasteiger partial charge is 0.144 e. The summed E-state index contributed by atoms with van der Waals surface area (Å²) >= 11 is 5.45. The number of rotatable bonds is 2. The molecule has 1 aromatic carbocycles. The fourth-order valence-corrected chi connectivity index (χ4v) is 1.08. The van der Waals surface area contributed by atoms with Crippen molar-refractivity contribution in [3.8, 4) is 0 Å². The Morgan fingerprint density at radius 3 is 2.46 bits per heavy atom. The van der Waals surface area contributed by atoms with E-state index in [-0.39, 0.29) is 17.4 Å². The topological polar surface area (TPSA) is 12.0 Å². The van der Waals surface area contributed by atoms with Crippen molar-refractivity contribution >= 4 is 24.0 Å². The minimum Gasteiger partial charge on any atom is -0.316 e. The molecule has 0 saturated carbocycles. The highest BCUT2D eigenvalue weighted by Crippen LogP contribution is 2.18. The first-order chi connectivity index (χ1) is 5.65. The predicted octanol–water partition coefficient (Wildman–Crippen LogP) is 2.76. The Bertz CT molecular complexity index is 292. The van der Waals surface area contributed by atoms with Crippen molar-refractivity contribution in [2.24, 2.45) is 0 Å². The maximum absolute atomic E-state index is 12.9. The van der Waals surface area contributed by atoms with Crippen molar-refractivity contribution in [3.63, 3.8) is 0 Å². The first-order valence-electron chi connectivity index (χ1n) is 3.43. The summed E-state index contributed by atoms with van der Waals surface area (Å²) in [6.45, 7) is 0.339. The zero-order valence-electron chi connectivity index (χ0n) is 6.90. The number of benzene rings is 1. The number of hydrogen-bond acceptors (Lipinski definition) is 1. The van der Waals surface area contributed by atoms with Gasteiger partial charge in [-0.3, -0.25) is 0 Å². The Kier molecular flexibility index (Phi) is 5.21. The van der Waals surface area contributed by atoms with Gasteiger partial charge in [-0.25, -0.2) is 8.78 Å². The second-order valence-corrected chi connectivity index (χ2v) is 2.80. The third-order valence-electron chi connectivity index (χ3n) is 1.46. The van der Waals surface area contributed by atoms with Crippen LogP contribution in [0.3, 0.4) is 0 Å². The molecule has 0 aromatic heterocycles. The molecule has 0 unspecified atom stereocenters. The van der Waals surface area contributed by atoms with Gasteiger partial charge in [-0.15, -0.1) is 12.4 Å². The molecule has 0 spiro atoms. The van der Waals surface area contributed by atoms with E-state index in [9.17, 15) is 8.78 Å². The van der Waals surface area contributed by atoms with E-state index in [4.69, 9.17) is 11.6 Å². The Morgan fingerprint density at radius 1 is 1.31 bits per heavy atom. The largest absolute Gasteiger partial charge is 0.316 e. The lowest BCUT2D eigenvalue weighted by Crippen LogP contribution is -2.07. The number of nitrogens with one attached hydrogen (secondary N) is 1. The molecular weight excluding hydrogens is 219 g/mol. The quantitative estimate of drug-likeness (QED) is 0.767. The third-order valence-corrected chi connectivity index (χ3v) is 1.75. The lowest BCUT2D eigenvalue weighted by Gasteiger charge is -2.02. The summed E-state index contributed by atoms with van der Waals surface area (Å²) in [5, 5.41) is 2.70. The average molecular weight is 228 g/mol. The van der Waals surface area contributed by atoms with Crippen molar-refractivity contribution in [2.45, 2.75) is 6.54 Å². The van der Waals surface area contributed by atoms with Gasteiger partial charge in [0, 0.05) is 18.2 Å². The van der Waals surface area contributed by atoms with Crippen LogP contribution in [0.2, 0.25) is 5.02 Å². The van der Waals surface area contributed by atoms with Crippen LogP contribution in [0.15, 0.2) is 12.1 Å². The summed E-state index contributed by atoms with van der Waals surface area (Å²) in [6.07, 6.45) is 0. The van der Waals surface area contributed by atoms with E-state index in [2.05, 4.69) is 5.32 Å². The SMILES string of the molecule is CNCc1cc(Cl)c(F)cc1F.Cl. The second-order valence-electron chi connectivity index (χ2n) is 2.39. The predicted molar refractivity (Wildman–Crippen MR) is 51.4 cm³/mol. The molecule has 1 nitrogen and oxygen atoms in total. The summed E-state index contributed by atoms with van der Waals surface area (Å²) in [4.78, 5) is 0. The zero-order chi connectivity index (χ0) is 9.14. The normalized spacial score (nSPS) is 9.54. The first kappa shape index (κ1) is 12.6. The zero-order valence-corrected chi connectivity index (χ0v) is 8.48. The summed E-state index contributed by atoms with van der Waals surface area (Å²) in [5.41, 5.74) is 0.365. The van der Waals surface area contributed by atoms with Crippen LogP contribution in [-0.2, 0) is 6.54 Å². The fraction of sp³-hybridized carbons (Fsp3) is 0.250. The van der Waals surface area contributed by atoms with Gasteiger partial charge in [-0.2, -0.15) is 0 Å². The molecule has 0 aliphatic carbocycles. The monoisotopic (exact) mass is 227 g/mol. The van der Waals surface area contributed by atoms with E-state index in [0.29, 0.717) is 12.1 Å². The molecule has 0 fully saturated rings. The molecule has 0 amide bonds. The maximum atomic E-state index is 12.9. The van der Waals surface area contributed by atoms with Gasteiger partial charge in [0.2, 0.25) is 0 Å². The van der Waals surface area contributed by atoms with E-state index in [0.717, 1.165) is 6.07 Å². The molecule has 0 radical (unpaired) electrons. The molecule has 74 valence electrons. The third kappa shape index (κ3) is 3.10. The van der Waals surface area contributed by atoms with Crippen LogP contribution >= 0.6 is 24.0 Å². The van der Waals surface area contributed by atoms with Crippen LogP contribution in [0.25, 0.3) is 0 Å². The molecule has 0 heterocycles. The Hall–Kier alpha value is -0.380. The van der Waals surface area contributed by atoms with Gasteiger partial charge in [-0.1, -0.05) is 11.6 Å². The lowest BCUT2D eigenvalue weighted by molar-refractivity contribution is 0.567. The van der Waals surface area contributed by atoms with Gasteiger partial charge in [0.15, 0.2) is 0 Å². The molecule has 0 aliphatic rings. The first-order valence-corrected chi connectivity index (χ1v) is 3.81. The van der Waals surface area contributed by atoms with Crippen LogP contribution in [0.1, 0.15) is 5.56 Å². The summed E-state index contributed by atoms with van der Waals surface area (Å²) in [6, 6.07) is 2.07. The fourth-order valence-electron chi connectivity index (χ4n) is 0.890. The van der Waals surface area contributed by atoms with Crippen LogP contribution < -0.4 is 5.32 Å². The van der Waals surface area contributed by atoms with Gasteiger partial charge in [-0.05, 0) is 13.1 Å². The molecule has 0 aliphatic heterocycles. The average Bonchev–Trinajstić information content (AvgIpc) is 2.01. The minimum atomic E-state index is -0.728. The highest BCUT2D eigenvalue weighted by atomic mass is 35.5. The minimum absolute atomic E-state index is 0. The van der Waals surface area contributed by atoms with Gasteiger partial charge >= 0.3 is 0 Å². The van der Waals surface area contributed by atoms with Crippen molar-refractivity contribution in [2.75, 3.05) is 7.05 Å². The van der Waals surface area contributed by atoms with Crippen LogP contribution in [-0.4, -0.2) is 7.05 Å². The van der Waals surface area contributed by atoms with Gasteiger partial charge in [0.1, 0.15) is 11.6 Å². The lowest BCUT2D eigenvalue weighted by atomic mass is 10.2. The number of hydrogen-bond donors (Lipinski definition) is 1. The summed E-state index contributed by atoms with van der Waals surface area (Å²) in [5.74, 6) is -1.31. The highest BCUT2D eigenvalue weighted by Gasteiger charge is 2.06. The van der Waals surface area contributed by atoms with Gasteiger partial charge in [0.05, 0.1) is 5.02 Å². The van der Waals surface area contributed by atoms with Crippen molar-refractivity contribution in [1.29, 1.82) is 0 Å². The molecule has 1 rings (SSSR count). The Labute approximate surface area is 86.5 Å². The molecule has 5 heteroatoms. The summed E-state index contributed by atoms with van der Waals surface area (Å²) in [7, 11) is 1.68. The van der Waals surface area contributed by atoms with Gasteiger partial charge < -0.3 is 5.32 Å². The van der Waals surface area contributed by atoms with Crippen LogP contribution in [0.4, 0.5) is 8.78 Å². The van der Waals surface area contributed by atoms with Crippen LogP contribution in [0, 0.1) is 11.6 Å². The molecule has 0 saturated heterocycles. The highest BCUT2D eigenvalue weighted by molar-refractivity contribution is 6.30. The molecule has 0 atom stereocenters. The second kappa shape index (κ2) is 5.37. The maximum Gasteiger partial charge on any atom is 0.144 e. The molecule has 13 heavy (non-hydrogen) atoms. The molecule has 0 bridgehead atoms. The molecule has 1 aromatic rings. The van der Waals surface area contributed by atoms with Gasteiger partial charge in [0.25, 0.3) is 0 Å². The summed E-state index contributed by atoms with van der Waals surface area (Å²) < 4.78 is 25.5. The molecular formula is C8H9Cl2F2N. The van der Waals surface area contributed by atoms with E-state index >= 15 is 0 Å². The van der Waals surface area contributed by atoms with Crippen molar-refractivity contribution in [3.05, 3.63) is 34.4 Å². The Balaban J connectivity index is 0.00000144. The Morgan fingerprint density at radius 2 is 1.92 bits per heavy atom. The van der Waals surface area contributed by atoms with E-state index < -0.39 is 11.6 Å².